The van der Waals surface area contributed by atoms with Crippen LogP contribution in [0.2, 0.25) is 0 Å². The number of hydrogen-bond donors (Lipinski definition) is 0. The van der Waals surface area contributed by atoms with Crippen molar-refractivity contribution in [3.63, 3.8) is 0 Å². The Hall–Kier alpha value is -4.43. The average Bonchev–Trinajstić information content (AvgIpc) is 3.19. The average molecular weight is 405 g/mol. The van der Waals surface area contributed by atoms with E-state index in [2.05, 4.69) is 4.85 Å². The molecule has 0 N–H and O–H groups in total. The molecule has 3 aromatic carbocycles. The summed E-state index contributed by atoms with van der Waals surface area (Å²) in [4.78, 5) is 28.9. The molecule has 0 amide bonds. The lowest BCUT2D eigenvalue weighted by Crippen LogP contribution is -2.01. The molecule has 0 fully saturated rings. The molecule has 0 aliphatic carbocycles. The molecular formula is C26H15NO4. The lowest BCUT2D eigenvalue weighted by atomic mass is 9.96. The van der Waals surface area contributed by atoms with Crippen LogP contribution >= 0.6 is 0 Å². The standard InChI is InChI=1S/C26H15NO4/c1-15-14-21(28)31-25-19(15)12-13-20-23(25)22(16-6-4-3-5-7-16)26(30-20)24(29)17-8-10-18(27-2)11-9-17/h3-14H,1H3. The molecule has 5 aromatic rings. The summed E-state index contributed by atoms with van der Waals surface area (Å²) in [6, 6.07) is 20.9. The van der Waals surface area contributed by atoms with Gasteiger partial charge in [-0.3, -0.25) is 4.79 Å². The van der Waals surface area contributed by atoms with E-state index in [0.717, 1.165) is 16.5 Å². The van der Waals surface area contributed by atoms with Crippen LogP contribution in [0.3, 0.4) is 0 Å². The van der Waals surface area contributed by atoms with Gasteiger partial charge in [-0.25, -0.2) is 9.64 Å². The molecule has 2 aromatic heterocycles. The van der Waals surface area contributed by atoms with Gasteiger partial charge >= 0.3 is 5.63 Å². The Morgan fingerprint density at radius 2 is 1.68 bits per heavy atom. The summed E-state index contributed by atoms with van der Waals surface area (Å²) in [6.45, 7) is 8.95. The van der Waals surface area contributed by atoms with Crippen molar-refractivity contribution < 1.29 is 13.6 Å². The number of nitrogens with zero attached hydrogens (tertiary/aromatic N) is 1. The Kier molecular flexibility index (Phi) is 4.27. The molecule has 5 heteroatoms. The van der Waals surface area contributed by atoms with Gasteiger partial charge in [0.1, 0.15) is 11.2 Å². The van der Waals surface area contributed by atoms with Gasteiger partial charge in [0, 0.05) is 22.6 Å². The van der Waals surface area contributed by atoms with Gasteiger partial charge in [0.05, 0.1) is 12.0 Å². The second-order valence-corrected chi connectivity index (χ2v) is 7.22. The summed E-state index contributed by atoms with van der Waals surface area (Å²) in [5, 5.41) is 1.37. The minimum Gasteiger partial charge on any atom is -0.452 e. The van der Waals surface area contributed by atoms with Crippen LogP contribution in [0.4, 0.5) is 5.69 Å². The second kappa shape index (κ2) is 7.12. The molecule has 0 radical (unpaired) electrons. The smallest absolute Gasteiger partial charge is 0.336 e. The topological polar surface area (TPSA) is 64.8 Å². The molecule has 0 atom stereocenters. The van der Waals surface area contributed by atoms with E-state index in [1.807, 2.05) is 43.3 Å². The van der Waals surface area contributed by atoms with E-state index in [1.54, 1.807) is 30.3 Å². The molecule has 5 rings (SSSR count). The van der Waals surface area contributed by atoms with E-state index in [9.17, 15) is 9.59 Å². The van der Waals surface area contributed by atoms with Crippen LogP contribution in [-0.4, -0.2) is 5.78 Å². The highest BCUT2D eigenvalue weighted by Crippen LogP contribution is 2.40. The van der Waals surface area contributed by atoms with Crippen LogP contribution in [0.1, 0.15) is 21.7 Å². The van der Waals surface area contributed by atoms with Crippen LogP contribution in [-0.2, 0) is 0 Å². The Morgan fingerprint density at radius 3 is 2.39 bits per heavy atom. The van der Waals surface area contributed by atoms with Gasteiger partial charge in [-0.1, -0.05) is 54.6 Å². The molecule has 0 saturated heterocycles. The number of ketones is 1. The first kappa shape index (κ1) is 18.6. The predicted molar refractivity (Wildman–Crippen MR) is 119 cm³/mol. The van der Waals surface area contributed by atoms with E-state index in [4.69, 9.17) is 15.4 Å². The fourth-order valence-corrected chi connectivity index (χ4v) is 3.82. The van der Waals surface area contributed by atoms with Crippen LogP contribution in [0.15, 0.2) is 86.4 Å². The number of benzene rings is 3. The number of carbonyl (C=O) groups excluding carboxylic acids is 1. The maximum Gasteiger partial charge on any atom is 0.336 e. The van der Waals surface area contributed by atoms with Crippen molar-refractivity contribution in [1.82, 2.24) is 0 Å². The third-order valence-electron chi connectivity index (χ3n) is 5.30. The Labute approximate surface area is 177 Å². The maximum absolute atomic E-state index is 13.4. The van der Waals surface area contributed by atoms with Gasteiger partial charge in [0.25, 0.3) is 0 Å². The molecule has 31 heavy (non-hydrogen) atoms. The van der Waals surface area contributed by atoms with Gasteiger partial charge in [0.15, 0.2) is 11.4 Å². The number of rotatable bonds is 3. The number of furan rings is 1. The summed E-state index contributed by atoms with van der Waals surface area (Å²) in [6.07, 6.45) is 0. The van der Waals surface area contributed by atoms with Crippen molar-refractivity contribution in [3.05, 3.63) is 112 Å². The summed E-state index contributed by atoms with van der Waals surface area (Å²) in [7, 11) is 0. The largest absolute Gasteiger partial charge is 0.452 e. The van der Waals surface area contributed by atoms with Gasteiger partial charge in [-0.2, -0.15) is 0 Å². The highest BCUT2D eigenvalue weighted by molar-refractivity contribution is 6.20. The van der Waals surface area contributed by atoms with Crippen molar-refractivity contribution >= 4 is 33.4 Å². The first-order valence-corrected chi connectivity index (χ1v) is 9.64. The van der Waals surface area contributed by atoms with Crippen LogP contribution < -0.4 is 5.63 Å². The Bertz CT molecular complexity index is 1570. The lowest BCUT2D eigenvalue weighted by Gasteiger charge is -2.05. The third-order valence-corrected chi connectivity index (χ3v) is 5.30. The van der Waals surface area contributed by atoms with Crippen LogP contribution in [0.25, 0.3) is 37.9 Å². The van der Waals surface area contributed by atoms with E-state index in [1.165, 1.54) is 6.07 Å². The summed E-state index contributed by atoms with van der Waals surface area (Å²) < 4.78 is 11.6. The first-order valence-electron chi connectivity index (χ1n) is 9.64. The molecule has 0 spiro atoms. The monoisotopic (exact) mass is 405 g/mol. The predicted octanol–water partition coefficient (Wildman–Crippen LogP) is 6.30. The minimum absolute atomic E-state index is 0.161. The molecule has 0 aliphatic heterocycles. The Morgan fingerprint density at radius 1 is 0.935 bits per heavy atom. The van der Waals surface area contributed by atoms with Crippen LogP contribution in [0, 0.1) is 13.5 Å². The summed E-state index contributed by atoms with van der Waals surface area (Å²) in [5.41, 5.74) is 3.40. The van der Waals surface area contributed by atoms with Crippen molar-refractivity contribution in [2.75, 3.05) is 0 Å². The number of aryl methyl sites for hydroxylation is 1. The maximum atomic E-state index is 13.4. The highest BCUT2D eigenvalue weighted by atomic mass is 16.4. The molecular weight excluding hydrogens is 390 g/mol. The van der Waals surface area contributed by atoms with E-state index in [0.29, 0.717) is 33.4 Å². The molecule has 5 nitrogen and oxygen atoms in total. The van der Waals surface area contributed by atoms with Gasteiger partial charge in [-0.15, -0.1) is 0 Å². The van der Waals surface area contributed by atoms with Gasteiger partial charge in [0.2, 0.25) is 5.78 Å². The van der Waals surface area contributed by atoms with E-state index in [-0.39, 0.29) is 11.5 Å². The molecule has 0 aliphatic rings. The quantitative estimate of drug-likeness (QED) is 0.201. The highest BCUT2D eigenvalue weighted by Gasteiger charge is 2.25. The van der Waals surface area contributed by atoms with E-state index < -0.39 is 5.63 Å². The fourth-order valence-electron chi connectivity index (χ4n) is 3.82. The number of fused-ring (bicyclic) bond motifs is 3. The van der Waals surface area contributed by atoms with Crippen molar-refractivity contribution in [1.29, 1.82) is 0 Å². The second-order valence-electron chi connectivity index (χ2n) is 7.22. The normalized spacial score (nSPS) is 11.0. The molecule has 148 valence electrons. The van der Waals surface area contributed by atoms with Crippen molar-refractivity contribution in [2.24, 2.45) is 0 Å². The lowest BCUT2D eigenvalue weighted by molar-refractivity contribution is 0.101. The van der Waals surface area contributed by atoms with Crippen molar-refractivity contribution in [3.8, 4) is 11.1 Å². The molecule has 2 heterocycles. The summed E-state index contributed by atoms with van der Waals surface area (Å²) >= 11 is 0. The summed E-state index contributed by atoms with van der Waals surface area (Å²) in [5.74, 6) is -0.150. The molecule has 0 saturated carbocycles. The zero-order valence-corrected chi connectivity index (χ0v) is 16.5. The zero-order chi connectivity index (χ0) is 21.5. The van der Waals surface area contributed by atoms with Crippen LogP contribution in [0.5, 0.6) is 0 Å². The van der Waals surface area contributed by atoms with E-state index >= 15 is 0 Å². The third kappa shape index (κ3) is 3.02. The SMILES string of the molecule is [C-]#[N+]c1ccc(C(=O)c2oc3ccc4c(C)cc(=O)oc4c3c2-c2ccccc2)cc1. The number of carbonyl (C=O) groups is 1. The minimum atomic E-state index is -0.458. The van der Waals surface area contributed by atoms with Gasteiger partial charge in [-0.05, 0) is 30.2 Å². The van der Waals surface area contributed by atoms with Gasteiger partial charge < -0.3 is 8.83 Å². The fraction of sp³-hybridized carbons (Fsp3) is 0.0385. The Balaban J connectivity index is 1.86. The van der Waals surface area contributed by atoms with Crippen molar-refractivity contribution in [2.45, 2.75) is 6.92 Å². The molecule has 0 bridgehead atoms. The molecule has 0 unspecified atom stereocenters. The first-order chi connectivity index (χ1) is 15.1. The zero-order valence-electron chi connectivity index (χ0n) is 16.5. The number of hydrogen-bond acceptors (Lipinski definition) is 4.